The van der Waals surface area contributed by atoms with Crippen molar-refractivity contribution in [1.29, 1.82) is 0 Å². The molecule has 1 aromatic heterocycles. The molecule has 2 aromatic rings. The Bertz CT molecular complexity index is 1210. The highest BCUT2D eigenvalue weighted by Crippen LogP contribution is 2.41. The van der Waals surface area contributed by atoms with Crippen molar-refractivity contribution in [1.82, 2.24) is 14.8 Å². The van der Waals surface area contributed by atoms with Crippen LogP contribution in [-0.4, -0.2) is 64.6 Å². The highest BCUT2D eigenvalue weighted by molar-refractivity contribution is 5.73. The Balaban J connectivity index is 1.16. The number of carboxylic acid groups (broad SMARTS) is 1. The third-order valence-electron chi connectivity index (χ3n) is 9.27. The monoisotopic (exact) mass is 597 g/mol. The molecule has 2 aliphatic heterocycles. The summed E-state index contributed by atoms with van der Waals surface area (Å²) in [4.78, 5) is 19.7. The van der Waals surface area contributed by atoms with Gasteiger partial charge in [0, 0.05) is 43.7 Å². The topological polar surface area (TPSA) is 56.7 Å². The third kappa shape index (κ3) is 7.64. The van der Waals surface area contributed by atoms with Crippen LogP contribution >= 0.6 is 0 Å². The SMILES string of the molecule is O=C(O)[C@@H](CC1CC1)N1C[C@H](CN2CCC(CCC(F)(F)c3ccc(C(F)(F)F)nc3)CC2)[C@@H](c2cccc(F)c2)C1. The van der Waals surface area contributed by atoms with Crippen molar-refractivity contribution in [3.63, 3.8) is 0 Å². The number of nitrogens with zero attached hydrogens (tertiary/aromatic N) is 3. The van der Waals surface area contributed by atoms with Crippen molar-refractivity contribution in [2.24, 2.45) is 17.8 Å². The van der Waals surface area contributed by atoms with E-state index < -0.39 is 41.8 Å². The molecule has 11 heteroatoms. The molecule has 0 radical (unpaired) electrons. The van der Waals surface area contributed by atoms with Crippen molar-refractivity contribution < 1.29 is 36.2 Å². The van der Waals surface area contributed by atoms with Crippen LogP contribution in [0.25, 0.3) is 0 Å². The first-order chi connectivity index (χ1) is 19.9. The number of hydrogen-bond donors (Lipinski definition) is 1. The number of benzene rings is 1. The summed E-state index contributed by atoms with van der Waals surface area (Å²) in [7, 11) is 0. The molecule has 1 aromatic carbocycles. The fraction of sp³-hybridized carbons (Fsp3) is 0.613. The lowest BCUT2D eigenvalue weighted by Crippen LogP contribution is -2.42. The maximum Gasteiger partial charge on any atom is 0.433 e. The summed E-state index contributed by atoms with van der Waals surface area (Å²) in [6, 6.07) is 7.37. The number of aliphatic carboxylic acids is 1. The molecule has 1 saturated carbocycles. The molecule has 3 atom stereocenters. The number of likely N-dealkylation sites (tertiary alicyclic amines) is 2. The Morgan fingerprint density at radius 1 is 1.00 bits per heavy atom. The number of pyridine rings is 1. The lowest BCUT2D eigenvalue weighted by Gasteiger charge is -2.35. The zero-order chi connectivity index (χ0) is 30.1. The van der Waals surface area contributed by atoms with Crippen molar-refractivity contribution in [3.8, 4) is 0 Å². The second-order valence-electron chi connectivity index (χ2n) is 12.3. The van der Waals surface area contributed by atoms with E-state index in [2.05, 4.69) is 9.88 Å². The molecule has 0 spiro atoms. The number of halogens is 6. The average Bonchev–Trinajstić information content (AvgIpc) is 3.68. The first kappa shape index (κ1) is 30.8. The van der Waals surface area contributed by atoms with Crippen molar-refractivity contribution in [3.05, 3.63) is 65.2 Å². The zero-order valence-electron chi connectivity index (χ0n) is 23.4. The molecule has 1 N–H and O–H groups in total. The van der Waals surface area contributed by atoms with Crippen LogP contribution in [0.5, 0.6) is 0 Å². The normalized spacial score (nSPS) is 23.8. The van der Waals surface area contributed by atoms with Gasteiger partial charge < -0.3 is 10.0 Å². The molecule has 3 heterocycles. The second kappa shape index (κ2) is 12.5. The van der Waals surface area contributed by atoms with Crippen LogP contribution in [0.15, 0.2) is 42.6 Å². The van der Waals surface area contributed by atoms with Gasteiger partial charge in [-0.3, -0.25) is 14.7 Å². The van der Waals surface area contributed by atoms with E-state index in [1.165, 1.54) is 12.1 Å². The number of carbonyl (C=O) groups is 1. The quantitative estimate of drug-likeness (QED) is 0.289. The zero-order valence-corrected chi connectivity index (χ0v) is 23.4. The highest BCUT2D eigenvalue weighted by atomic mass is 19.4. The van der Waals surface area contributed by atoms with Crippen LogP contribution in [0.2, 0.25) is 0 Å². The molecular formula is C31H37F6N3O2. The maximum atomic E-state index is 14.8. The number of rotatable bonds is 11. The van der Waals surface area contributed by atoms with Crippen molar-refractivity contribution in [2.75, 3.05) is 32.7 Å². The molecule has 0 unspecified atom stereocenters. The van der Waals surface area contributed by atoms with E-state index in [4.69, 9.17) is 0 Å². The van der Waals surface area contributed by atoms with E-state index in [-0.39, 0.29) is 30.0 Å². The molecular weight excluding hydrogens is 560 g/mol. The van der Waals surface area contributed by atoms with Gasteiger partial charge in [0.25, 0.3) is 5.92 Å². The van der Waals surface area contributed by atoms with Gasteiger partial charge in [0.2, 0.25) is 0 Å². The summed E-state index contributed by atoms with van der Waals surface area (Å²) in [6.45, 7) is 3.32. The third-order valence-corrected chi connectivity index (χ3v) is 9.27. The number of alkyl halides is 5. The van der Waals surface area contributed by atoms with Gasteiger partial charge in [0.05, 0.1) is 0 Å². The largest absolute Gasteiger partial charge is 0.480 e. The van der Waals surface area contributed by atoms with Gasteiger partial charge in [-0.05, 0) is 86.4 Å². The van der Waals surface area contributed by atoms with Gasteiger partial charge in [-0.2, -0.15) is 13.2 Å². The first-order valence-electron chi connectivity index (χ1n) is 14.8. The van der Waals surface area contributed by atoms with E-state index in [1.807, 2.05) is 11.0 Å². The molecule has 42 heavy (non-hydrogen) atoms. The Morgan fingerprint density at radius 2 is 1.74 bits per heavy atom. The van der Waals surface area contributed by atoms with Crippen LogP contribution in [0.3, 0.4) is 0 Å². The second-order valence-corrected chi connectivity index (χ2v) is 12.3. The van der Waals surface area contributed by atoms with E-state index in [9.17, 15) is 36.2 Å². The molecule has 3 aliphatic rings. The number of carboxylic acids is 1. The Morgan fingerprint density at radius 3 is 2.33 bits per heavy atom. The fourth-order valence-electron chi connectivity index (χ4n) is 6.63. The number of piperidine rings is 1. The first-order valence-corrected chi connectivity index (χ1v) is 14.8. The van der Waals surface area contributed by atoms with E-state index in [0.29, 0.717) is 44.2 Å². The number of hydrogen-bond acceptors (Lipinski definition) is 4. The molecule has 230 valence electrons. The van der Waals surface area contributed by atoms with Gasteiger partial charge in [0.1, 0.15) is 17.6 Å². The van der Waals surface area contributed by atoms with E-state index >= 15 is 0 Å². The van der Waals surface area contributed by atoms with Gasteiger partial charge in [-0.1, -0.05) is 25.0 Å². The predicted octanol–water partition coefficient (Wildman–Crippen LogP) is 6.79. The highest BCUT2D eigenvalue weighted by Gasteiger charge is 2.42. The van der Waals surface area contributed by atoms with Gasteiger partial charge in [-0.25, -0.2) is 13.2 Å². The Kier molecular flexibility index (Phi) is 9.18. The van der Waals surface area contributed by atoms with Gasteiger partial charge >= 0.3 is 12.1 Å². The maximum absolute atomic E-state index is 14.8. The summed E-state index contributed by atoms with van der Waals surface area (Å²) in [6.07, 6.45) is -0.0452. The Labute approximate surface area is 241 Å². The molecule has 0 amide bonds. The van der Waals surface area contributed by atoms with Gasteiger partial charge in [0.15, 0.2) is 0 Å². The number of aromatic nitrogens is 1. The van der Waals surface area contributed by atoms with Gasteiger partial charge in [-0.15, -0.1) is 0 Å². The molecule has 3 fully saturated rings. The minimum atomic E-state index is -4.68. The summed E-state index contributed by atoms with van der Waals surface area (Å²) < 4.78 is 81.8. The summed E-state index contributed by atoms with van der Waals surface area (Å²) in [5.74, 6) is -3.76. The van der Waals surface area contributed by atoms with Crippen molar-refractivity contribution in [2.45, 2.75) is 69.0 Å². The summed E-state index contributed by atoms with van der Waals surface area (Å²) in [5, 5.41) is 9.96. The van der Waals surface area contributed by atoms with Crippen LogP contribution < -0.4 is 0 Å². The lowest BCUT2D eigenvalue weighted by molar-refractivity contribution is -0.143. The lowest BCUT2D eigenvalue weighted by atomic mass is 9.86. The van der Waals surface area contributed by atoms with Crippen LogP contribution in [0, 0.1) is 23.6 Å². The van der Waals surface area contributed by atoms with E-state index in [1.54, 1.807) is 6.07 Å². The summed E-state index contributed by atoms with van der Waals surface area (Å²) >= 11 is 0. The molecule has 2 saturated heterocycles. The standard InChI is InChI=1S/C31H37F6N3O2/c32-25-3-1-2-22(15-25)26-19-40(27(29(41)42)14-21-4-5-21)18-23(26)17-39-12-9-20(10-13-39)8-11-30(33,34)24-6-7-28(38-16-24)31(35,36)37/h1-3,6-7,15-16,20-21,23,26-27H,4-5,8-14,17-19H2,(H,41,42)/t23-,26+,27+/m0/s1. The van der Waals surface area contributed by atoms with Crippen LogP contribution in [-0.2, 0) is 16.9 Å². The molecule has 0 bridgehead atoms. The molecule has 1 aliphatic carbocycles. The minimum Gasteiger partial charge on any atom is -0.480 e. The minimum absolute atomic E-state index is 0.00416. The van der Waals surface area contributed by atoms with E-state index in [0.717, 1.165) is 50.4 Å². The fourth-order valence-corrected chi connectivity index (χ4v) is 6.63. The molecule has 5 rings (SSSR count). The predicted molar refractivity (Wildman–Crippen MR) is 144 cm³/mol. The average molecular weight is 598 g/mol. The van der Waals surface area contributed by atoms with Crippen LogP contribution in [0.4, 0.5) is 26.3 Å². The summed E-state index contributed by atoms with van der Waals surface area (Å²) in [5.41, 5.74) is -0.836. The van der Waals surface area contributed by atoms with Crippen molar-refractivity contribution >= 4 is 5.97 Å². The van der Waals surface area contributed by atoms with Crippen LogP contribution in [0.1, 0.15) is 67.7 Å². The Hall–Kier alpha value is -2.66. The molecule has 5 nitrogen and oxygen atoms in total. The smallest absolute Gasteiger partial charge is 0.433 e.